The fourth-order valence-electron chi connectivity index (χ4n) is 3.46. The largest absolute Gasteiger partial charge is 0.760 e. The van der Waals surface area contributed by atoms with Gasteiger partial charge in [-0.25, -0.2) is 13.7 Å². The number of methoxy groups -OCH3 is 1. The molecule has 0 spiro atoms. The third-order valence-electron chi connectivity index (χ3n) is 4.80. The number of aromatic amines is 1. The predicted octanol–water partition coefficient (Wildman–Crippen LogP) is 2.23. The predicted molar refractivity (Wildman–Crippen MR) is 103 cm³/mol. The number of halogens is 1. The van der Waals surface area contributed by atoms with Crippen LogP contribution >= 0.6 is 0 Å². The van der Waals surface area contributed by atoms with Crippen molar-refractivity contribution in [3.63, 3.8) is 0 Å². The van der Waals surface area contributed by atoms with Crippen LogP contribution in [0.15, 0.2) is 42.6 Å². The Bertz CT molecular complexity index is 1100. The summed E-state index contributed by atoms with van der Waals surface area (Å²) in [5.74, 6) is 0.152. The van der Waals surface area contributed by atoms with Gasteiger partial charge < -0.3 is 19.4 Å². The molecule has 0 fully saturated rings. The number of ether oxygens (including phenoxy) is 1. The zero-order chi connectivity index (χ0) is 19.8. The van der Waals surface area contributed by atoms with Gasteiger partial charge in [0.25, 0.3) is 0 Å². The lowest BCUT2D eigenvalue weighted by Crippen LogP contribution is -2.34. The van der Waals surface area contributed by atoms with Gasteiger partial charge in [0, 0.05) is 40.7 Å². The Kier molecular flexibility index (Phi) is 4.98. The highest BCUT2D eigenvalue weighted by Gasteiger charge is 2.27. The van der Waals surface area contributed by atoms with Gasteiger partial charge in [0.2, 0.25) is 0 Å². The topological polar surface area (TPSA) is 102 Å². The first-order chi connectivity index (χ1) is 13.5. The second kappa shape index (κ2) is 7.44. The van der Waals surface area contributed by atoms with Gasteiger partial charge in [0.05, 0.1) is 19.8 Å². The average Bonchev–Trinajstić information content (AvgIpc) is 3.31. The second-order valence-corrected chi connectivity index (χ2v) is 7.29. The zero-order valence-corrected chi connectivity index (χ0v) is 15.7. The zero-order valence-electron chi connectivity index (χ0n) is 14.9. The van der Waals surface area contributed by atoms with Crippen molar-refractivity contribution in [2.75, 3.05) is 20.3 Å². The summed E-state index contributed by atoms with van der Waals surface area (Å²) in [5, 5.41) is 10.2. The van der Waals surface area contributed by atoms with E-state index >= 15 is 0 Å². The molecule has 1 aliphatic rings. The van der Waals surface area contributed by atoms with Crippen molar-refractivity contribution in [2.45, 2.75) is 6.04 Å². The Morgan fingerprint density at radius 2 is 2.21 bits per heavy atom. The maximum atomic E-state index is 13.8. The van der Waals surface area contributed by atoms with Crippen LogP contribution < -0.4 is 4.74 Å². The summed E-state index contributed by atoms with van der Waals surface area (Å²) in [6, 6.07) is 7.32. The molecule has 1 unspecified atom stereocenters. The van der Waals surface area contributed by atoms with E-state index in [0.717, 1.165) is 16.5 Å². The van der Waals surface area contributed by atoms with Gasteiger partial charge in [-0.2, -0.15) is 0 Å². The second-order valence-electron chi connectivity index (χ2n) is 6.38. The van der Waals surface area contributed by atoms with E-state index in [4.69, 9.17) is 4.74 Å². The van der Waals surface area contributed by atoms with Crippen LogP contribution in [0.5, 0.6) is 5.75 Å². The molecule has 0 saturated carbocycles. The summed E-state index contributed by atoms with van der Waals surface area (Å²) in [6.45, 7) is -0.158. The SMILES string of the molecule is COc1ccc(F)cc1-c1ccnc2[nH]c(C3=C[C@@H](CO)N(S(=O)[O-])C3)cc12. The Balaban J connectivity index is 1.81. The van der Waals surface area contributed by atoms with Crippen LogP contribution in [0.25, 0.3) is 27.7 Å². The Hall–Kier alpha value is -2.59. The van der Waals surface area contributed by atoms with Gasteiger partial charge in [-0.05, 0) is 41.5 Å². The number of benzene rings is 1. The van der Waals surface area contributed by atoms with E-state index in [-0.39, 0.29) is 19.0 Å². The number of nitrogens with one attached hydrogen (secondary N) is 1. The van der Waals surface area contributed by atoms with Crippen molar-refractivity contribution in [3.05, 3.63) is 54.1 Å². The molecule has 2 aromatic heterocycles. The first-order valence-electron chi connectivity index (χ1n) is 8.51. The fraction of sp³-hybridized carbons (Fsp3) is 0.211. The lowest BCUT2D eigenvalue weighted by molar-refractivity contribution is 0.228. The van der Waals surface area contributed by atoms with Gasteiger partial charge in [-0.3, -0.25) is 4.21 Å². The molecule has 146 valence electrons. The minimum atomic E-state index is -2.44. The first kappa shape index (κ1) is 18.8. The number of fused-ring (bicyclic) bond motifs is 1. The normalized spacial score (nSPS) is 18.4. The molecular formula is C19H17FN3O4S-. The van der Waals surface area contributed by atoms with Gasteiger partial charge in [-0.1, -0.05) is 6.08 Å². The number of hydrogen-bond donors (Lipinski definition) is 2. The average molecular weight is 402 g/mol. The summed E-state index contributed by atoms with van der Waals surface area (Å²) in [6.07, 6.45) is 3.32. The van der Waals surface area contributed by atoms with E-state index in [2.05, 4.69) is 9.97 Å². The number of aliphatic hydroxyl groups is 1. The molecule has 0 saturated heterocycles. The highest BCUT2D eigenvalue weighted by Crippen LogP contribution is 2.36. The minimum absolute atomic E-state index is 0.146. The molecule has 1 aromatic carbocycles. The van der Waals surface area contributed by atoms with E-state index in [0.29, 0.717) is 22.7 Å². The number of nitrogens with zero attached hydrogens (tertiary/aromatic N) is 2. The molecule has 28 heavy (non-hydrogen) atoms. The van der Waals surface area contributed by atoms with E-state index in [1.807, 2.05) is 6.07 Å². The number of pyridine rings is 1. The standard InChI is InChI=1S/C19H18FN3O4S/c1-27-18-3-2-12(20)7-15(18)14-4-5-21-19-16(14)8-17(22-19)11-6-13(10-24)23(9-11)28(25)26/h2-8,13,24H,9-10H2,1H3,(H,21,22)(H,25,26)/p-1/t13-/m0/s1. The minimum Gasteiger partial charge on any atom is -0.760 e. The van der Waals surface area contributed by atoms with Gasteiger partial charge in [0.15, 0.2) is 0 Å². The van der Waals surface area contributed by atoms with Gasteiger partial charge >= 0.3 is 0 Å². The van der Waals surface area contributed by atoms with Crippen LogP contribution in [-0.4, -0.2) is 54.4 Å². The van der Waals surface area contributed by atoms with Gasteiger partial charge in [0.1, 0.15) is 17.2 Å². The number of rotatable bonds is 5. The third-order valence-corrected chi connectivity index (χ3v) is 5.58. The van der Waals surface area contributed by atoms with Crippen molar-refractivity contribution >= 4 is 27.9 Å². The number of aromatic nitrogens is 2. The molecule has 0 aliphatic carbocycles. The smallest absolute Gasteiger partial charge is 0.138 e. The Morgan fingerprint density at radius 3 is 2.89 bits per heavy atom. The number of H-pyrrole nitrogens is 1. The molecule has 2 atom stereocenters. The van der Waals surface area contributed by atoms with Crippen molar-refractivity contribution < 1.29 is 23.0 Å². The maximum Gasteiger partial charge on any atom is 0.138 e. The quantitative estimate of drug-likeness (QED) is 0.638. The summed E-state index contributed by atoms with van der Waals surface area (Å²) >= 11 is -2.44. The van der Waals surface area contributed by atoms with Crippen LogP contribution in [0.3, 0.4) is 0 Å². The molecule has 9 heteroatoms. The molecule has 3 aromatic rings. The van der Waals surface area contributed by atoms with Crippen LogP contribution in [0.4, 0.5) is 4.39 Å². The van der Waals surface area contributed by atoms with Gasteiger partial charge in [-0.15, -0.1) is 0 Å². The molecule has 0 amide bonds. The Labute approximate surface area is 162 Å². The lowest BCUT2D eigenvalue weighted by atomic mass is 10.0. The van der Waals surface area contributed by atoms with Crippen molar-refractivity contribution in [3.8, 4) is 16.9 Å². The van der Waals surface area contributed by atoms with E-state index in [9.17, 15) is 18.3 Å². The molecule has 7 nitrogen and oxygen atoms in total. The summed E-state index contributed by atoms with van der Waals surface area (Å²) in [5.41, 5.74) is 3.35. The summed E-state index contributed by atoms with van der Waals surface area (Å²) < 4.78 is 43.1. The van der Waals surface area contributed by atoms with E-state index < -0.39 is 17.3 Å². The summed E-state index contributed by atoms with van der Waals surface area (Å²) in [4.78, 5) is 7.51. The molecule has 0 bridgehead atoms. The van der Waals surface area contributed by atoms with Crippen LogP contribution in [0.2, 0.25) is 0 Å². The monoisotopic (exact) mass is 402 g/mol. The van der Waals surface area contributed by atoms with Crippen LogP contribution in [-0.2, 0) is 11.3 Å². The molecule has 0 radical (unpaired) electrons. The molecule has 1 aliphatic heterocycles. The van der Waals surface area contributed by atoms with Crippen molar-refractivity contribution in [1.29, 1.82) is 0 Å². The lowest BCUT2D eigenvalue weighted by Gasteiger charge is -2.24. The third kappa shape index (κ3) is 3.22. The molecule has 2 N–H and O–H groups in total. The number of aliphatic hydroxyl groups excluding tert-OH is 1. The molecular weight excluding hydrogens is 385 g/mol. The molecule has 4 rings (SSSR count). The van der Waals surface area contributed by atoms with Crippen LogP contribution in [0.1, 0.15) is 5.69 Å². The maximum absolute atomic E-state index is 13.8. The summed E-state index contributed by atoms with van der Waals surface area (Å²) in [7, 11) is 1.52. The van der Waals surface area contributed by atoms with E-state index in [1.54, 1.807) is 24.4 Å². The highest BCUT2D eigenvalue weighted by atomic mass is 32.2. The Morgan fingerprint density at radius 1 is 1.39 bits per heavy atom. The fourth-order valence-corrected chi connectivity index (χ4v) is 4.05. The van der Waals surface area contributed by atoms with Crippen molar-refractivity contribution in [2.24, 2.45) is 0 Å². The van der Waals surface area contributed by atoms with E-state index in [1.165, 1.54) is 23.5 Å². The number of hydrogen-bond acceptors (Lipinski definition) is 5. The van der Waals surface area contributed by atoms with Crippen LogP contribution in [0, 0.1) is 5.82 Å². The van der Waals surface area contributed by atoms with Crippen molar-refractivity contribution in [1.82, 2.24) is 14.3 Å². The molecule has 3 heterocycles. The highest BCUT2D eigenvalue weighted by molar-refractivity contribution is 7.76. The first-order valence-corrected chi connectivity index (χ1v) is 9.54.